The Balaban J connectivity index is 1.28. The summed E-state index contributed by atoms with van der Waals surface area (Å²) in [5, 5.41) is 13.2. The van der Waals surface area contributed by atoms with Crippen molar-refractivity contribution in [3.63, 3.8) is 0 Å². The highest BCUT2D eigenvalue weighted by atomic mass is 16.5. The molecule has 8 nitrogen and oxygen atoms in total. The van der Waals surface area contributed by atoms with Gasteiger partial charge in [0.1, 0.15) is 23.5 Å². The first-order valence-electron chi connectivity index (χ1n) is 10.5. The smallest absolute Gasteiger partial charge is 0.224 e. The number of nitrogens with zero attached hydrogens (tertiary/aromatic N) is 4. The van der Waals surface area contributed by atoms with E-state index in [2.05, 4.69) is 31.2 Å². The van der Waals surface area contributed by atoms with Crippen molar-refractivity contribution >= 4 is 22.8 Å². The molecule has 2 aromatic heterocycles. The zero-order valence-corrected chi connectivity index (χ0v) is 17.4. The maximum absolute atomic E-state index is 13.1. The molecule has 1 saturated carbocycles. The van der Waals surface area contributed by atoms with Gasteiger partial charge < -0.3 is 19.9 Å². The lowest BCUT2D eigenvalue weighted by molar-refractivity contribution is -0.128. The minimum Gasteiger partial charge on any atom is -0.496 e. The van der Waals surface area contributed by atoms with Crippen LogP contribution < -0.4 is 15.0 Å². The van der Waals surface area contributed by atoms with Gasteiger partial charge in [-0.3, -0.25) is 4.79 Å². The molecule has 1 spiro atoms. The molecule has 5 rings (SSSR count). The highest BCUT2D eigenvalue weighted by Gasteiger charge is 2.55. The van der Waals surface area contributed by atoms with Crippen LogP contribution in [0, 0.1) is 22.7 Å². The van der Waals surface area contributed by atoms with Gasteiger partial charge in [-0.15, -0.1) is 0 Å². The zero-order chi connectivity index (χ0) is 21.4. The van der Waals surface area contributed by atoms with E-state index in [9.17, 15) is 4.79 Å². The van der Waals surface area contributed by atoms with Crippen molar-refractivity contribution in [3.05, 3.63) is 47.9 Å². The summed E-state index contributed by atoms with van der Waals surface area (Å²) in [4.78, 5) is 27.4. The van der Waals surface area contributed by atoms with E-state index in [1.807, 2.05) is 18.3 Å². The Morgan fingerprint density at radius 3 is 3.03 bits per heavy atom. The third-order valence-corrected chi connectivity index (χ3v) is 6.64. The summed E-state index contributed by atoms with van der Waals surface area (Å²) in [5.74, 6) is 1.66. The molecule has 1 aromatic carbocycles. The predicted octanol–water partition coefficient (Wildman–Crippen LogP) is 2.76. The lowest BCUT2D eigenvalue weighted by Crippen LogP contribution is -2.48. The largest absolute Gasteiger partial charge is 0.496 e. The number of nitriles is 1. The lowest BCUT2D eigenvalue weighted by atomic mass is 9.81. The second-order valence-electron chi connectivity index (χ2n) is 8.42. The molecule has 2 fully saturated rings. The van der Waals surface area contributed by atoms with Gasteiger partial charge in [-0.1, -0.05) is 6.07 Å². The summed E-state index contributed by atoms with van der Waals surface area (Å²) in [5.41, 5.74) is 2.27. The number of aromatic amines is 1. The van der Waals surface area contributed by atoms with E-state index < -0.39 is 0 Å². The van der Waals surface area contributed by atoms with Crippen molar-refractivity contribution < 1.29 is 9.53 Å². The highest BCUT2D eigenvalue weighted by molar-refractivity contribution is 5.87. The van der Waals surface area contributed by atoms with E-state index >= 15 is 0 Å². The quantitative estimate of drug-likeness (QED) is 0.662. The van der Waals surface area contributed by atoms with Crippen LogP contribution in [0.5, 0.6) is 5.75 Å². The van der Waals surface area contributed by atoms with Gasteiger partial charge in [0.2, 0.25) is 5.91 Å². The third-order valence-electron chi connectivity index (χ3n) is 6.64. The molecule has 1 aliphatic carbocycles. The van der Waals surface area contributed by atoms with Crippen LogP contribution in [0.25, 0.3) is 11.0 Å². The van der Waals surface area contributed by atoms with Crippen LogP contribution >= 0.6 is 0 Å². The molecule has 2 aliphatic rings. The molecule has 8 heteroatoms. The zero-order valence-electron chi connectivity index (χ0n) is 17.4. The fraction of sp³-hybridized carbons (Fsp3) is 0.391. The Morgan fingerprint density at radius 2 is 2.26 bits per heavy atom. The molecule has 1 saturated heterocycles. The summed E-state index contributed by atoms with van der Waals surface area (Å²) in [6, 6.07) is 9.40. The van der Waals surface area contributed by atoms with E-state index in [4.69, 9.17) is 10.00 Å². The number of aromatic nitrogens is 3. The normalized spacial score (nSPS) is 19.2. The highest BCUT2D eigenvalue weighted by Crippen LogP contribution is 2.56. The summed E-state index contributed by atoms with van der Waals surface area (Å²) >= 11 is 0. The molecule has 0 bridgehead atoms. The van der Waals surface area contributed by atoms with Crippen LogP contribution in [0.3, 0.4) is 0 Å². The molecule has 158 valence electrons. The Bertz CT molecular complexity index is 1180. The molecule has 1 amide bonds. The second-order valence-corrected chi connectivity index (χ2v) is 8.42. The summed E-state index contributed by atoms with van der Waals surface area (Å²) in [7, 11) is 1.57. The monoisotopic (exact) mass is 416 g/mol. The Hall–Kier alpha value is -3.60. The van der Waals surface area contributed by atoms with Gasteiger partial charge in [0.25, 0.3) is 0 Å². The number of hydrogen-bond donors (Lipinski definition) is 2. The van der Waals surface area contributed by atoms with Crippen LogP contribution in [0.2, 0.25) is 0 Å². The molecule has 1 aliphatic heterocycles. The summed E-state index contributed by atoms with van der Waals surface area (Å²) in [6.07, 6.45) is 6.39. The summed E-state index contributed by atoms with van der Waals surface area (Å²) < 4.78 is 5.39. The van der Waals surface area contributed by atoms with E-state index in [1.165, 1.54) is 0 Å². The van der Waals surface area contributed by atoms with Crippen LogP contribution in [-0.2, 0) is 11.3 Å². The molecule has 31 heavy (non-hydrogen) atoms. The van der Waals surface area contributed by atoms with Crippen LogP contribution in [-0.4, -0.2) is 41.1 Å². The number of hydrogen-bond acceptors (Lipinski definition) is 6. The molecule has 1 atom stereocenters. The van der Waals surface area contributed by atoms with Gasteiger partial charge in [-0.2, -0.15) is 5.26 Å². The van der Waals surface area contributed by atoms with Crippen LogP contribution in [0.1, 0.15) is 30.4 Å². The maximum atomic E-state index is 13.1. The van der Waals surface area contributed by atoms with E-state index in [-0.39, 0.29) is 17.2 Å². The van der Waals surface area contributed by atoms with Crippen molar-refractivity contribution in [1.29, 1.82) is 5.26 Å². The van der Waals surface area contributed by atoms with Crippen molar-refractivity contribution in [2.75, 3.05) is 25.1 Å². The SMILES string of the molecule is COc1cc(C#N)ccc1CNC(=O)C1CCN(c2ncnc3[nH]ccc23)CC12CC2. The number of methoxy groups -OCH3 is 1. The molecular formula is C23H24N6O2. The molecule has 3 aromatic rings. The van der Waals surface area contributed by atoms with Gasteiger partial charge >= 0.3 is 0 Å². The van der Waals surface area contributed by atoms with E-state index in [0.29, 0.717) is 17.9 Å². The fourth-order valence-corrected chi connectivity index (χ4v) is 4.79. The number of piperidine rings is 1. The molecule has 2 N–H and O–H groups in total. The standard InChI is InChI=1S/C23H24N6O2/c1-31-19-10-15(11-24)2-3-16(19)12-26-22(30)18-5-9-29(13-23(18)6-7-23)21-17-4-8-25-20(17)27-14-28-21/h2-4,8,10,14,18H,5-7,9,12-13H2,1H3,(H,26,30)(H,25,27,28). The Kier molecular flexibility index (Phi) is 4.74. The van der Waals surface area contributed by atoms with Gasteiger partial charge in [0.15, 0.2) is 0 Å². The van der Waals surface area contributed by atoms with Gasteiger partial charge in [0.05, 0.1) is 24.1 Å². The van der Waals surface area contributed by atoms with Gasteiger partial charge in [-0.05, 0) is 42.9 Å². The number of H-pyrrole nitrogens is 1. The number of carbonyl (C=O) groups excluding carboxylic acids is 1. The number of benzene rings is 1. The topological polar surface area (TPSA) is 107 Å². The van der Waals surface area contributed by atoms with Crippen LogP contribution in [0.15, 0.2) is 36.8 Å². The van der Waals surface area contributed by atoms with Crippen molar-refractivity contribution in [2.45, 2.75) is 25.8 Å². The minimum atomic E-state index is -0.00307. The molecule has 3 heterocycles. The first-order chi connectivity index (χ1) is 15.1. The average molecular weight is 416 g/mol. The number of anilines is 1. The maximum Gasteiger partial charge on any atom is 0.224 e. The van der Waals surface area contributed by atoms with Gasteiger partial charge in [-0.25, -0.2) is 9.97 Å². The fourth-order valence-electron chi connectivity index (χ4n) is 4.79. The van der Waals surface area contributed by atoms with Crippen LogP contribution in [0.4, 0.5) is 5.82 Å². The van der Waals surface area contributed by atoms with E-state index in [0.717, 1.165) is 54.8 Å². The molecule has 0 radical (unpaired) electrons. The first kappa shape index (κ1) is 19.4. The number of amides is 1. The molecule has 1 unspecified atom stereocenters. The summed E-state index contributed by atoms with van der Waals surface area (Å²) in [6.45, 7) is 2.01. The third kappa shape index (κ3) is 3.46. The average Bonchev–Trinajstić information content (AvgIpc) is 3.38. The predicted molar refractivity (Wildman–Crippen MR) is 115 cm³/mol. The Labute approximate surface area is 180 Å². The van der Waals surface area contributed by atoms with Crippen molar-refractivity contribution in [3.8, 4) is 11.8 Å². The Morgan fingerprint density at radius 1 is 1.39 bits per heavy atom. The number of fused-ring (bicyclic) bond motifs is 1. The van der Waals surface area contributed by atoms with Crippen molar-refractivity contribution in [1.82, 2.24) is 20.3 Å². The second kappa shape index (κ2) is 7.58. The number of rotatable bonds is 5. The van der Waals surface area contributed by atoms with E-state index in [1.54, 1.807) is 25.6 Å². The molecular weight excluding hydrogens is 392 g/mol. The number of ether oxygens (including phenoxy) is 1. The first-order valence-corrected chi connectivity index (χ1v) is 10.5. The lowest BCUT2D eigenvalue weighted by Gasteiger charge is -2.39. The van der Waals surface area contributed by atoms with Gasteiger partial charge in [0, 0.05) is 37.3 Å². The number of nitrogens with one attached hydrogen (secondary N) is 2. The van der Waals surface area contributed by atoms with Crippen molar-refractivity contribution in [2.24, 2.45) is 11.3 Å². The number of carbonyl (C=O) groups is 1. The minimum absolute atomic E-state index is 0.00307.